The number of anilines is 1. The van der Waals surface area contributed by atoms with Gasteiger partial charge in [0.05, 0.1) is 16.9 Å². The molecule has 1 aliphatic rings. The minimum Gasteiger partial charge on any atom is -0.274 e. The van der Waals surface area contributed by atoms with Gasteiger partial charge >= 0.3 is 0 Å². The largest absolute Gasteiger partial charge is 0.274 e. The molecule has 3 aromatic carbocycles. The molecule has 158 valence electrons. The third-order valence-corrected chi connectivity index (χ3v) is 6.61. The predicted molar refractivity (Wildman–Crippen MR) is 128 cm³/mol. The lowest BCUT2D eigenvalue weighted by Gasteiger charge is -2.15. The molecule has 7 heteroatoms. The summed E-state index contributed by atoms with van der Waals surface area (Å²) in [7, 11) is 0. The fourth-order valence-electron chi connectivity index (χ4n) is 3.74. The van der Waals surface area contributed by atoms with Gasteiger partial charge in [-0.1, -0.05) is 71.4 Å². The number of fused-ring (bicyclic) bond motifs is 1. The fourth-order valence-corrected chi connectivity index (χ4v) is 4.89. The molecule has 1 atom stereocenters. The maximum atomic E-state index is 13.1. The van der Waals surface area contributed by atoms with Crippen molar-refractivity contribution in [2.45, 2.75) is 23.8 Å². The van der Waals surface area contributed by atoms with Crippen molar-refractivity contribution in [1.82, 2.24) is 9.97 Å². The van der Waals surface area contributed by atoms with Crippen LogP contribution in [0.1, 0.15) is 12.0 Å². The van der Waals surface area contributed by atoms with Crippen molar-refractivity contribution in [3.63, 3.8) is 0 Å². The summed E-state index contributed by atoms with van der Waals surface area (Å²) in [6, 6.07) is 22.6. The van der Waals surface area contributed by atoms with Gasteiger partial charge in [0.25, 0.3) is 0 Å². The van der Waals surface area contributed by atoms with Gasteiger partial charge in [-0.15, -0.1) is 0 Å². The van der Waals surface area contributed by atoms with Crippen LogP contribution in [0, 0.1) is 6.92 Å². The van der Waals surface area contributed by atoms with Crippen LogP contribution in [0.3, 0.4) is 0 Å². The Bertz CT molecular complexity index is 1340. The van der Waals surface area contributed by atoms with Gasteiger partial charge in [-0.3, -0.25) is 9.59 Å². The highest BCUT2D eigenvalue weighted by Crippen LogP contribution is 2.35. The Morgan fingerprint density at radius 3 is 2.47 bits per heavy atom. The molecule has 1 saturated heterocycles. The maximum absolute atomic E-state index is 13.1. The van der Waals surface area contributed by atoms with Gasteiger partial charge in [-0.05, 0) is 37.3 Å². The average molecular weight is 460 g/mol. The zero-order chi connectivity index (χ0) is 22.2. The molecule has 0 spiro atoms. The highest BCUT2D eigenvalue weighted by molar-refractivity contribution is 8.00. The Balaban J connectivity index is 1.50. The molecular weight excluding hydrogens is 442 g/mol. The van der Waals surface area contributed by atoms with Crippen LogP contribution in [0.5, 0.6) is 0 Å². The molecule has 0 aliphatic carbocycles. The van der Waals surface area contributed by atoms with E-state index in [4.69, 9.17) is 16.6 Å². The second-order valence-corrected chi connectivity index (χ2v) is 9.20. The second kappa shape index (κ2) is 8.37. The Hall–Kier alpha value is -3.22. The standard InChI is InChI=1S/C25H18ClN3O2S/c1-15-7-10-18(11-8-15)29-22(30)14-21(24(29)31)32-25-27-20-12-9-17(26)13-19(20)23(28-25)16-5-3-2-4-6-16/h2-13,21H,14H2,1H3. The number of amides is 2. The van der Waals surface area contributed by atoms with E-state index >= 15 is 0 Å². The molecule has 1 aliphatic heterocycles. The van der Waals surface area contributed by atoms with Crippen LogP contribution in [-0.4, -0.2) is 27.0 Å². The molecule has 1 unspecified atom stereocenters. The van der Waals surface area contributed by atoms with Crippen LogP contribution >= 0.6 is 23.4 Å². The number of nitrogens with zero attached hydrogens (tertiary/aromatic N) is 3. The Labute approximate surface area is 194 Å². The van der Waals surface area contributed by atoms with Gasteiger partial charge in [-0.2, -0.15) is 0 Å². The van der Waals surface area contributed by atoms with Gasteiger partial charge in [0.2, 0.25) is 11.8 Å². The summed E-state index contributed by atoms with van der Waals surface area (Å²) < 4.78 is 0. The lowest BCUT2D eigenvalue weighted by Crippen LogP contribution is -2.31. The smallest absolute Gasteiger partial charge is 0.247 e. The van der Waals surface area contributed by atoms with Crippen LogP contribution in [-0.2, 0) is 9.59 Å². The van der Waals surface area contributed by atoms with Crippen LogP contribution in [0.4, 0.5) is 5.69 Å². The van der Waals surface area contributed by atoms with Crippen molar-refractivity contribution in [1.29, 1.82) is 0 Å². The summed E-state index contributed by atoms with van der Waals surface area (Å²) in [5.41, 5.74) is 4.06. The van der Waals surface area contributed by atoms with Gasteiger partial charge in [0.15, 0.2) is 5.16 Å². The lowest BCUT2D eigenvalue weighted by molar-refractivity contribution is -0.121. The van der Waals surface area contributed by atoms with E-state index in [1.807, 2.05) is 61.5 Å². The first kappa shape index (κ1) is 20.7. The highest BCUT2D eigenvalue weighted by atomic mass is 35.5. The van der Waals surface area contributed by atoms with E-state index in [1.54, 1.807) is 18.2 Å². The Morgan fingerprint density at radius 1 is 0.969 bits per heavy atom. The Morgan fingerprint density at radius 2 is 1.72 bits per heavy atom. The highest BCUT2D eigenvalue weighted by Gasteiger charge is 2.40. The molecule has 4 aromatic rings. The van der Waals surface area contributed by atoms with Gasteiger partial charge < -0.3 is 0 Å². The number of aromatic nitrogens is 2. The summed E-state index contributed by atoms with van der Waals surface area (Å²) >= 11 is 7.45. The van der Waals surface area contributed by atoms with Crippen molar-refractivity contribution in [3.05, 3.63) is 83.4 Å². The van der Waals surface area contributed by atoms with Gasteiger partial charge in [0, 0.05) is 22.4 Å². The second-order valence-electron chi connectivity index (χ2n) is 7.60. The van der Waals surface area contributed by atoms with E-state index in [2.05, 4.69) is 4.98 Å². The molecule has 1 aromatic heterocycles. The quantitative estimate of drug-likeness (QED) is 0.290. The first-order valence-electron chi connectivity index (χ1n) is 10.1. The third-order valence-electron chi connectivity index (χ3n) is 5.33. The van der Waals surface area contributed by atoms with Crippen LogP contribution < -0.4 is 4.90 Å². The predicted octanol–water partition coefficient (Wildman–Crippen LogP) is 5.68. The zero-order valence-corrected chi connectivity index (χ0v) is 18.7. The summed E-state index contributed by atoms with van der Waals surface area (Å²) in [6.07, 6.45) is 0.111. The van der Waals surface area contributed by atoms with E-state index in [0.717, 1.165) is 27.7 Å². The van der Waals surface area contributed by atoms with E-state index in [0.29, 0.717) is 15.9 Å². The summed E-state index contributed by atoms with van der Waals surface area (Å²) in [6.45, 7) is 1.96. The number of halogens is 1. The van der Waals surface area contributed by atoms with E-state index in [1.165, 1.54) is 16.7 Å². The van der Waals surface area contributed by atoms with Crippen molar-refractivity contribution in [2.75, 3.05) is 4.90 Å². The molecule has 0 bridgehead atoms. The monoisotopic (exact) mass is 459 g/mol. The first-order valence-corrected chi connectivity index (χ1v) is 11.4. The van der Waals surface area contributed by atoms with Crippen LogP contribution in [0.25, 0.3) is 22.2 Å². The van der Waals surface area contributed by atoms with Gasteiger partial charge in [-0.25, -0.2) is 14.9 Å². The summed E-state index contributed by atoms with van der Waals surface area (Å²) in [5.74, 6) is -0.461. The molecular formula is C25H18ClN3O2S. The SMILES string of the molecule is Cc1ccc(N2C(=O)CC(Sc3nc(-c4ccccc4)c4cc(Cl)ccc4n3)C2=O)cc1. The number of hydrogen-bond acceptors (Lipinski definition) is 5. The molecule has 1 fully saturated rings. The lowest BCUT2D eigenvalue weighted by atomic mass is 10.1. The number of benzene rings is 3. The molecule has 32 heavy (non-hydrogen) atoms. The molecule has 5 rings (SSSR count). The van der Waals surface area contributed by atoms with Crippen LogP contribution in [0.2, 0.25) is 5.02 Å². The Kier molecular flexibility index (Phi) is 5.41. The minimum absolute atomic E-state index is 0.111. The average Bonchev–Trinajstić information content (AvgIpc) is 3.07. The molecule has 5 nitrogen and oxygen atoms in total. The molecule has 2 heterocycles. The molecule has 2 amide bonds. The maximum Gasteiger partial charge on any atom is 0.247 e. The normalized spacial score (nSPS) is 16.2. The van der Waals surface area contributed by atoms with Crippen molar-refractivity contribution >= 4 is 51.8 Å². The molecule has 0 radical (unpaired) electrons. The van der Waals surface area contributed by atoms with Crippen molar-refractivity contribution in [2.24, 2.45) is 0 Å². The minimum atomic E-state index is -0.572. The zero-order valence-electron chi connectivity index (χ0n) is 17.2. The number of carbonyl (C=O) groups is 2. The number of aryl methyl sites for hydroxylation is 1. The van der Waals surface area contributed by atoms with Gasteiger partial charge in [0.1, 0.15) is 5.25 Å². The number of carbonyl (C=O) groups excluding carboxylic acids is 2. The third kappa shape index (κ3) is 3.87. The van der Waals surface area contributed by atoms with Crippen molar-refractivity contribution in [3.8, 4) is 11.3 Å². The van der Waals surface area contributed by atoms with Crippen LogP contribution in [0.15, 0.2) is 78.0 Å². The number of hydrogen-bond donors (Lipinski definition) is 0. The summed E-state index contributed by atoms with van der Waals surface area (Å²) in [4.78, 5) is 36.4. The summed E-state index contributed by atoms with van der Waals surface area (Å²) in [5, 5.41) is 1.32. The topological polar surface area (TPSA) is 63.2 Å². The number of imide groups is 1. The van der Waals surface area contributed by atoms with Crippen molar-refractivity contribution < 1.29 is 9.59 Å². The fraction of sp³-hybridized carbons (Fsp3) is 0.120. The molecule has 0 N–H and O–H groups in total. The molecule has 0 saturated carbocycles. The first-order chi connectivity index (χ1) is 15.5. The number of thioether (sulfide) groups is 1. The number of rotatable bonds is 4. The van der Waals surface area contributed by atoms with E-state index < -0.39 is 5.25 Å². The van der Waals surface area contributed by atoms with E-state index in [9.17, 15) is 9.59 Å². The van der Waals surface area contributed by atoms with E-state index in [-0.39, 0.29) is 18.2 Å².